The van der Waals surface area contributed by atoms with Crippen molar-refractivity contribution in [1.82, 2.24) is 9.55 Å². The van der Waals surface area contributed by atoms with Gasteiger partial charge in [0, 0.05) is 0 Å². The summed E-state index contributed by atoms with van der Waals surface area (Å²) in [5, 5.41) is 0.517. The molecule has 0 bridgehead atoms. The number of hydrogen-bond acceptors (Lipinski definition) is 3. The molecule has 1 atom stereocenters. The van der Waals surface area contributed by atoms with Crippen LogP contribution in [0.15, 0.2) is 39.9 Å². The van der Waals surface area contributed by atoms with Crippen LogP contribution < -0.4 is 11.2 Å². The number of ether oxygens (including phenoxy) is 1. The second-order valence-electron chi connectivity index (χ2n) is 5.86. The number of rotatable bonds is 4. The first-order valence-electron chi connectivity index (χ1n) is 7.61. The van der Waals surface area contributed by atoms with E-state index in [-0.39, 0.29) is 12.3 Å². The van der Waals surface area contributed by atoms with Crippen LogP contribution >= 0.6 is 0 Å². The molecule has 1 N–H and O–H groups in total. The summed E-state index contributed by atoms with van der Waals surface area (Å²) in [4.78, 5) is 26.3. The molecule has 1 aliphatic rings. The van der Waals surface area contributed by atoms with Gasteiger partial charge in [-0.15, -0.1) is 0 Å². The highest BCUT2D eigenvalue weighted by Crippen LogP contribution is 2.18. The van der Waals surface area contributed by atoms with Crippen molar-refractivity contribution in [1.29, 1.82) is 0 Å². The Morgan fingerprint density at radius 1 is 1.32 bits per heavy atom. The van der Waals surface area contributed by atoms with Crippen LogP contribution in [-0.2, 0) is 11.5 Å². The summed E-state index contributed by atoms with van der Waals surface area (Å²) in [6, 6.07) is 5.48. The van der Waals surface area contributed by atoms with Gasteiger partial charge in [-0.05, 0) is 44.2 Å². The number of benzene rings is 1. The highest BCUT2D eigenvalue weighted by atomic mass is 16.5. The van der Waals surface area contributed by atoms with Crippen molar-refractivity contribution in [3.63, 3.8) is 0 Å². The highest BCUT2D eigenvalue weighted by molar-refractivity contribution is 5.78. The van der Waals surface area contributed by atoms with Crippen molar-refractivity contribution < 1.29 is 4.74 Å². The van der Waals surface area contributed by atoms with E-state index in [1.165, 1.54) is 4.57 Å². The van der Waals surface area contributed by atoms with Crippen molar-refractivity contribution >= 4 is 10.9 Å². The normalized spacial score (nSPS) is 18.0. The van der Waals surface area contributed by atoms with E-state index in [2.05, 4.69) is 17.1 Å². The molecule has 5 heteroatoms. The zero-order valence-electron chi connectivity index (χ0n) is 12.7. The highest BCUT2D eigenvalue weighted by Gasteiger charge is 2.11. The van der Waals surface area contributed by atoms with Gasteiger partial charge in [0.2, 0.25) is 0 Å². The zero-order chi connectivity index (χ0) is 15.5. The molecule has 5 nitrogen and oxygen atoms in total. The summed E-state index contributed by atoms with van der Waals surface area (Å²) in [6.45, 7) is 2.71. The first kappa shape index (κ1) is 14.8. The Bertz CT molecular complexity index is 817. The zero-order valence-corrected chi connectivity index (χ0v) is 12.7. The average molecular weight is 300 g/mol. The van der Waals surface area contributed by atoms with E-state index in [9.17, 15) is 9.59 Å². The average Bonchev–Trinajstić information content (AvgIpc) is 2.52. The van der Waals surface area contributed by atoms with E-state index in [0.717, 1.165) is 24.8 Å². The van der Waals surface area contributed by atoms with Gasteiger partial charge >= 0.3 is 5.69 Å². The van der Waals surface area contributed by atoms with Gasteiger partial charge < -0.3 is 4.74 Å². The Hall–Kier alpha value is -2.14. The third-order valence-electron chi connectivity index (χ3n) is 4.10. The van der Waals surface area contributed by atoms with E-state index in [0.29, 0.717) is 23.4 Å². The molecule has 22 heavy (non-hydrogen) atoms. The van der Waals surface area contributed by atoms with Crippen molar-refractivity contribution in [3.8, 4) is 0 Å². The number of fused-ring (bicyclic) bond motifs is 1. The lowest BCUT2D eigenvalue weighted by atomic mass is 9.95. The van der Waals surface area contributed by atoms with Crippen LogP contribution in [0.4, 0.5) is 0 Å². The van der Waals surface area contributed by atoms with Gasteiger partial charge in [0.05, 0.1) is 17.5 Å². The number of aryl methyl sites for hydroxylation is 1. The Labute approximate surface area is 128 Å². The number of nitrogens with one attached hydrogen (secondary N) is 1. The summed E-state index contributed by atoms with van der Waals surface area (Å²) >= 11 is 0. The molecule has 1 aromatic carbocycles. The SMILES string of the molecule is Cc1ccc2c(c1)c(=O)[nH]c(=O)n2COCC1CC=CCC1. The van der Waals surface area contributed by atoms with Crippen molar-refractivity contribution in [2.75, 3.05) is 6.61 Å². The maximum Gasteiger partial charge on any atom is 0.330 e. The fourth-order valence-corrected chi connectivity index (χ4v) is 2.85. The third-order valence-corrected chi connectivity index (χ3v) is 4.10. The lowest BCUT2D eigenvalue weighted by Crippen LogP contribution is -2.31. The molecule has 1 heterocycles. The maximum absolute atomic E-state index is 12.0. The molecule has 0 fully saturated rings. The third kappa shape index (κ3) is 3.04. The Morgan fingerprint density at radius 2 is 2.18 bits per heavy atom. The number of nitrogens with zero attached hydrogens (tertiary/aromatic N) is 1. The predicted octanol–water partition coefficient (Wildman–Crippen LogP) is 2.33. The standard InChI is InChI=1S/C17H20N2O3/c1-12-7-8-15-14(9-12)16(20)18-17(21)19(15)11-22-10-13-5-3-2-4-6-13/h2-3,7-9,13H,4-6,10-11H2,1H3,(H,18,20,21). The molecule has 3 rings (SSSR count). The minimum absolute atomic E-state index is 0.162. The van der Waals surface area contributed by atoms with Crippen LogP contribution in [-0.4, -0.2) is 16.2 Å². The Kier molecular flexibility index (Phi) is 4.24. The summed E-state index contributed by atoms with van der Waals surface area (Å²) in [7, 11) is 0. The van der Waals surface area contributed by atoms with Crippen LogP contribution in [0, 0.1) is 12.8 Å². The minimum Gasteiger partial charge on any atom is -0.360 e. The molecule has 0 saturated heterocycles. The maximum atomic E-state index is 12.0. The Balaban J connectivity index is 1.82. The quantitative estimate of drug-likeness (QED) is 0.881. The number of allylic oxidation sites excluding steroid dienone is 2. The molecule has 0 saturated carbocycles. The fourth-order valence-electron chi connectivity index (χ4n) is 2.85. The molecular weight excluding hydrogens is 280 g/mol. The van der Waals surface area contributed by atoms with Gasteiger partial charge in [0.25, 0.3) is 5.56 Å². The number of H-pyrrole nitrogens is 1. The predicted molar refractivity (Wildman–Crippen MR) is 86.0 cm³/mol. The van der Waals surface area contributed by atoms with Gasteiger partial charge in [-0.2, -0.15) is 0 Å². The molecule has 0 radical (unpaired) electrons. The molecule has 1 aromatic heterocycles. The lowest BCUT2D eigenvalue weighted by Gasteiger charge is -2.18. The van der Waals surface area contributed by atoms with Crippen molar-refractivity contribution in [2.45, 2.75) is 32.9 Å². The molecule has 1 aliphatic carbocycles. The van der Waals surface area contributed by atoms with Crippen LogP contribution in [0.5, 0.6) is 0 Å². The number of aromatic nitrogens is 2. The van der Waals surface area contributed by atoms with Crippen LogP contribution in [0.25, 0.3) is 10.9 Å². The first-order valence-corrected chi connectivity index (χ1v) is 7.61. The monoisotopic (exact) mass is 300 g/mol. The fraction of sp³-hybridized carbons (Fsp3) is 0.412. The van der Waals surface area contributed by atoms with Crippen LogP contribution in [0.2, 0.25) is 0 Å². The van der Waals surface area contributed by atoms with Crippen LogP contribution in [0.1, 0.15) is 24.8 Å². The van der Waals surface area contributed by atoms with E-state index >= 15 is 0 Å². The first-order chi connectivity index (χ1) is 10.6. The number of aromatic amines is 1. The summed E-state index contributed by atoms with van der Waals surface area (Å²) in [5.41, 5.74) is 0.822. The molecule has 2 aromatic rings. The van der Waals surface area contributed by atoms with Gasteiger partial charge in [0.1, 0.15) is 6.73 Å². The van der Waals surface area contributed by atoms with Crippen molar-refractivity contribution in [2.24, 2.45) is 5.92 Å². The molecular formula is C17H20N2O3. The second kappa shape index (κ2) is 6.32. The molecule has 116 valence electrons. The van der Waals surface area contributed by atoms with Crippen molar-refractivity contribution in [3.05, 3.63) is 56.8 Å². The van der Waals surface area contributed by atoms with E-state index in [4.69, 9.17) is 4.74 Å². The smallest absolute Gasteiger partial charge is 0.330 e. The van der Waals surface area contributed by atoms with E-state index < -0.39 is 5.69 Å². The van der Waals surface area contributed by atoms with Gasteiger partial charge in [-0.25, -0.2) is 4.79 Å². The van der Waals surface area contributed by atoms with Gasteiger partial charge in [-0.1, -0.05) is 23.8 Å². The van der Waals surface area contributed by atoms with Gasteiger partial charge in [-0.3, -0.25) is 14.3 Å². The van der Waals surface area contributed by atoms with E-state index in [1.54, 1.807) is 12.1 Å². The van der Waals surface area contributed by atoms with Crippen LogP contribution in [0.3, 0.4) is 0 Å². The molecule has 0 amide bonds. The summed E-state index contributed by atoms with van der Waals surface area (Å²) in [5.74, 6) is 0.511. The summed E-state index contributed by atoms with van der Waals surface area (Å²) in [6.07, 6.45) is 7.62. The number of hydrogen-bond donors (Lipinski definition) is 1. The minimum atomic E-state index is -0.426. The molecule has 0 spiro atoms. The Morgan fingerprint density at radius 3 is 2.95 bits per heavy atom. The second-order valence-corrected chi connectivity index (χ2v) is 5.86. The van der Waals surface area contributed by atoms with E-state index in [1.807, 2.05) is 13.0 Å². The lowest BCUT2D eigenvalue weighted by molar-refractivity contribution is 0.0474. The molecule has 0 aliphatic heterocycles. The largest absolute Gasteiger partial charge is 0.360 e. The topological polar surface area (TPSA) is 64.1 Å². The van der Waals surface area contributed by atoms with Gasteiger partial charge in [0.15, 0.2) is 0 Å². The summed E-state index contributed by atoms with van der Waals surface area (Å²) < 4.78 is 7.21. The molecule has 1 unspecified atom stereocenters.